The first-order valence-corrected chi connectivity index (χ1v) is 6.90. The van der Waals surface area contributed by atoms with E-state index >= 15 is 0 Å². The first kappa shape index (κ1) is 14.3. The summed E-state index contributed by atoms with van der Waals surface area (Å²) < 4.78 is 25.8. The molecule has 0 amide bonds. The molecule has 0 aromatic heterocycles. The van der Waals surface area contributed by atoms with Crippen molar-refractivity contribution in [2.75, 3.05) is 13.1 Å². The van der Waals surface area contributed by atoms with Crippen molar-refractivity contribution in [2.45, 2.75) is 18.2 Å². The molecule has 1 aromatic rings. The van der Waals surface area contributed by atoms with E-state index in [1.54, 1.807) is 24.3 Å². The molecule has 0 saturated carbocycles. The average molecular weight is 261 g/mol. The van der Waals surface area contributed by atoms with Gasteiger partial charge in [-0.05, 0) is 19.1 Å². The molecule has 0 N–H and O–H groups in total. The van der Waals surface area contributed by atoms with Crippen LogP contribution >= 0.6 is 0 Å². The number of aryl methyl sites for hydroxylation is 1. The third-order valence-corrected chi connectivity index (χ3v) is 4.29. The van der Waals surface area contributed by atoms with E-state index in [2.05, 4.69) is 11.8 Å². The molecule has 0 aliphatic rings. The van der Waals surface area contributed by atoms with Crippen molar-refractivity contribution in [3.63, 3.8) is 0 Å². The molecule has 0 atom stereocenters. The fraction of sp³-hybridized carbons (Fsp3) is 0.286. The molecule has 3 nitrogen and oxygen atoms in total. The molecule has 0 heterocycles. The first-order valence-electron chi connectivity index (χ1n) is 5.46. The summed E-state index contributed by atoms with van der Waals surface area (Å²) in [5, 5.41) is 0. The van der Waals surface area contributed by atoms with Gasteiger partial charge in [0, 0.05) is 13.0 Å². The topological polar surface area (TPSA) is 37.4 Å². The first-order chi connectivity index (χ1) is 8.52. The highest BCUT2D eigenvalue weighted by Gasteiger charge is 2.22. The molecule has 0 aliphatic carbocycles. The van der Waals surface area contributed by atoms with Crippen LogP contribution in [0.2, 0.25) is 0 Å². The summed E-state index contributed by atoms with van der Waals surface area (Å²) in [7, 11) is -3.56. The Kier molecular flexibility index (Phi) is 4.97. The fourth-order valence-corrected chi connectivity index (χ4v) is 2.79. The van der Waals surface area contributed by atoms with E-state index in [1.807, 2.05) is 6.92 Å². The number of nitrogens with zero attached hydrogens (tertiary/aromatic N) is 1. The Labute approximate surface area is 109 Å². The van der Waals surface area contributed by atoms with Crippen molar-refractivity contribution in [1.82, 2.24) is 4.31 Å². The Balaban J connectivity index is 3.06. The lowest BCUT2D eigenvalue weighted by Gasteiger charge is -2.18. The van der Waals surface area contributed by atoms with Crippen LogP contribution in [0.1, 0.15) is 12.0 Å². The lowest BCUT2D eigenvalue weighted by atomic mass is 10.2. The summed E-state index contributed by atoms with van der Waals surface area (Å²) in [5.74, 6) is 4.76. The zero-order valence-electron chi connectivity index (χ0n) is 10.3. The molecule has 0 unspecified atom stereocenters. The second kappa shape index (κ2) is 6.26. The van der Waals surface area contributed by atoms with Crippen LogP contribution in [0.4, 0.5) is 0 Å². The number of benzene rings is 1. The predicted octanol–water partition coefficient (Wildman–Crippen LogP) is 1.64. The van der Waals surface area contributed by atoms with Gasteiger partial charge in [-0.1, -0.05) is 23.6 Å². The van der Waals surface area contributed by atoms with Gasteiger partial charge in [0.2, 0.25) is 10.0 Å². The second-order valence-electron chi connectivity index (χ2n) is 3.81. The van der Waals surface area contributed by atoms with Gasteiger partial charge in [-0.15, -0.1) is 18.8 Å². The Morgan fingerprint density at radius 3 is 2.28 bits per heavy atom. The summed E-state index contributed by atoms with van der Waals surface area (Å²) in [5.41, 5.74) is 1.00. The molecule has 1 rings (SSSR count). The zero-order valence-corrected chi connectivity index (χ0v) is 11.1. The van der Waals surface area contributed by atoms with Crippen molar-refractivity contribution in [3.05, 3.63) is 29.8 Å². The van der Waals surface area contributed by atoms with E-state index in [9.17, 15) is 8.42 Å². The summed E-state index contributed by atoms with van der Waals surface area (Å²) in [4.78, 5) is 0.236. The monoisotopic (exact) mass is 261 g/mol. The molecular weight excluding hydrogens is 246 g/mol. The van der Waals surface area contributed by atoms with Gasteiger partial charge in [0.25, 0.3) is 0 Å². The van der Waals surface area contributed by atoms with Crippen LogP contribution in [0.5, 0.6) is 0 Å². The minimum atomic E-state index is -3.56. The molecular formula is C14H15NO2S. The Morgan fingerprint density at radius 1 is 1.17 bits per heavy atom. The van der Waals surface area contributed by atoms with Gasteiger partial charge in [0.1, 0.15) is 0 Å². The molecule has 0 spiro atoms. The van der Waals surface area contributed by atoms with Gasteiger partial charge in [0.15, 0.2) is 0 Å². The molecule has 0 fully saturated rings. The van der Waals surface area contributed by atoms with Crippen LogP contribution < -0.4 is 0 Å². The van der Waals surface area contributed by atoms with Crippen molar-refractivity contribution in [3.8, 4) is 24.7 Å². The smallest absolute Gasteiger partial charge is 0.207 e. The average Bonchev–Trinajstić information content (AvgIpc) is 2.35. The third kappa shape index (κ3) is 3.37. The minimum Gasteiger partial charge on any atom is -0.207 e. The maximum atomic E-state index is 12.3. The minimum absolute atomic E-state index is 0.0257. The highest BCUT2D eigenvalue weighted by molar-refractivity contribution is 7.89. The van der Waals surface area contributed by atoms with E-state index in [0.29, 0.717) is 6.42 Å². The van der Waals surface area contributed by atoms with Gasteiger partial charge in [-0.3, -0.25) is 0 Å². The summed E-state index contributed by atoms with van der Waals surface area (Å²) in [6.45, 7) is 2.16. The third-order valence-electron chi connectivity index (χ3n) is 2.43. The Morgan fingerprint density at radius 2 is 1.78 bits per heavy atom. The van der Waals surface area contributed by atoms with Gasteiger partial charge >= 0.3 is 0 Å². The molecule has 1 aromatic carbocycles. The van der Waals surface area contributed by atoms with Gasteiger partial charge in [-0.2, -0.15) is 4.31 Å². The zero-order chi connectivity index (χ0) is 13.6. The summed E-state index contributed by atoms with van der Waals surface area (Å²) in [6.07, 6.45) is 10.7. The molecule has 4 heteroatoms. The quantitative estimate of drug-likeness (QED) is 0.756. The van der Waals surface area contributed by atoms with Crippen LogP contribution in [0.15, 0.2) is 29.2 Å². The van der Waals surface area contributed by atoms with Gasteiger partial charge in [-0.25, -0.2) is 8.42 Å². The molecule has 94 valence electrons. The van der Waals surface area contributed by atoms with Gasteiger partial charge in [0.05, 0.1) is 11.4 Å². The Bertz CT molecular complexity index is 574. The van der Waals surface area contributed by atoms with E-state index in [4.69, 9.17) is 12.8 Å². The molecule has 0 saturated heterocycles. The van der Waals surface area contributed by atoms with Crippen molar-refractivity contribution < 1.29 is 8.42 Å². The fourth-order valence-electron chi connectivity index (χ4n) is 1.43. The lowest BCUT2D eigenvalue weighted by Crippen LogP contribution is -2.32. The molecule has 0 radical (unpaired) electrons. The van der Waals surface area contributed by atoms with Crippen molar-refractivity contribution in [2.24, 2.45) is 0 Å². The van der Waals surface area contributed by atoms with Crippen molar-refractivity contribution >= 4 is 10.0 Å². The highest BCUT2D eigenvalue weighted by Crippen LogP contribution is 2.16. The number of hydrogen-bond donors (Lipinski definition) is 0. The van der Waals surface area contributed by atoms with E-state index in [0.717, 1.165) is 5.56 Å². The lowest BCUT2D eigenvalue weighted by molar-refractivity contribution is 0.454. The predicted molar refractivity (Wildman–Crippen MR) is 72.2 cm³/mol. The number of sulfonamides is 1. The molecule has 18 heavy (non-hydrogen) atoms. The Hall–Kier alpha value is -1.75. The summed E-state index contributed by atoms with van der Waals surface area (Å²) >= 11 is 0. The van der Waals surface area contributed by atoms with Crippen LogP contribution in [-0.2, 0) is 10.0 Å². The largest absolute Gasteiger partial charge is 0.243 e. The SMILES string of the molecule is C#CCCN(CC#C)S(=O)(=O)c1ccc(C)cc1. The van der Waals surface area contributed by atoms with Crippen LogP contribution in [-0.4, -0.2) is 25.8 Å². The van der Waals surface area contributed by atoms with Crippen LogP contribution in [0.3, 0.4) is 0 Å². The van der Waals surface area contributed by atoms with E-state index < -0.39 is 10.0 Å². The van der Waals surface area contributed by atoms with Crippen LogP contribution in [0, 0.1) is 31.6 Å². The number of hydrogen-bond acceptors (Lipinski definition) is 2. The molecule has 0 aliphatic heterocycles. The van der Waals surface area contributed by atoms with E-state index in [1.165, 1.54) is 4.31 Å². The normalized spacial score (nSPS) is 10.9. The maximum Gasteiger partial charge on any atom is 0.243 e. The summed E-state index contributed by atoms with van der Waals surface area (Å²) in [6, 6.07) is 6.65. The standard InChI is InChI=1S/C14H15NO2S/c1-4-6-12-15(11-5-2)18(16,17)14-9-7-13(3)8-10-14/h1-2,7-10H,6,11-12H2,3H3. The molecule has 0 bridgehead atoms. The van der Waals surface area contributed by atoms with Gasteiger partial charge < -0.3 is 0 Å². The van der Waals surface area contributed by atoms with E-state index in [-0.39, 0.29) is 18.0 Å². The van der Waals surface area contributed by atoms with Crippen molar-refractivity contribution in [1.29, 1.82) is 0 Å². The number of terminal acetylenes is 2. The number of rotatable bonds is 5. The maximum absolute atomic E-state index is 12.3. The second-order valence-corrected chi connectivity index (χ2v) is 5.75. The van der Waals surface area contributed by atoms with Crippen LogP contribution in [0.25, 0.3) is 0 Å². The highest BCUT2D eigenvalue weighted by atomic mass is 32.2.